The summed E-state index contributed by atoms with van der Waals surface area (Å²) in [5.41, 5.74) is 8.16. The number of rotatable bonds is 5. The molecule has 5 nitrogen and oxygen atoms in total. The maximum absolute atomic E-state index is 11.7. The van der Waals surface area contributed by atoms with Gasteiger partial charge in [0.15, 0.2) is 0 Å². The minimum atomic E-state index is 0.00790. The number of hydrogen-bond acceptors (Lipinski definition) is 3. The van der Waals surface area contributed by atoms with Crippen molar-refractivity contribution in [3.05, 3.63) is 24.0 Å². The molecule has 1 aliphatic carbocycles. The lowest BCUT2D eigenvalue weighted by atomic mass is 9.85. The standard InChI is InChI=1S/C15H20N4O/c16-8-2-5-14(20)17-11-6-7-12-13(9-11)19-15(18-12)10-3-1-4-10/h6-7,9-10H,1-5,8,16H2,(H,17,20)(H,18,19). The monoisotopic (exact) mass is 272 g/mol. The van der Waals surface area contributed by atoms with Crippen LogP contribution in [0.25, 0.3) is 11.0 Å². The van der Waals surface area contributed by atoms with Crippen LogP contribution in [-0.2, 0) is 4.79 Å². The minimum Gasteiger partial charge on any atom is -0.342 e. The summed E-state index contributed by atoms with van der Waals surface area (Å²) in [6, 6.07) is 5.80. The van der Waals surface area contributed by atoms with Gasteiger partial charge in [0, 0.05) is 18.0 Å². The van der Waals surface area contributed by atoms with Crippen molar-refractivity contribution >= 4 is 22.6 Å². The molecular formula is C15H20N4O. The first kappa shape index (κ1) is 13.1. The number of benzene rings is 1. The molecule has 0 radical (unpaired) electrons. The van der Waals surface area contributed by atoms with Crippen LogP contribution in [0.3, 0.4) is 0 Å². The van der Waals surface area contributed by atoms with Gasteiger partial charge in [-0.3, -0.25) is 4.79 Å². The first-order valence-electron chi connectivity index (χ1n) is 7.26. The number of aromatic amines is 1. The lowest BCUT2D eigenvalue weighted by Gasteiger charge is -2.22. The third kappa shape index (κ3) is 2.67. The van der Waals surface area contributed by atoms with E-state index in [0.29, 0.717) is 25.3 Å². The molecule has 0 unspecified atom stereocenters. The molecule has 2 aromatic rings. The highest BCUT2D eigenvalue weighted by atomic mass is 16.1. The molecule has 0 bridgehead atoms. The van der Waals surface area contributed by atoms with Crippen molar-refractivity contribution in [2.75, 3.05) is 11.9 Å². The molecule has 0 atom stereocenters. The average Bonchev–Trinajstić information content (AvgIpc) is 2.76. The van der Waals surface area contributed by atoms with Crippen LogP contribution in [0, 0.1) is 0 Å². The predicted molar refractivity (Wildman–Crippen MR) is 79.6 cm³/mol. The smallest absolute Gasteiger partial charge is 0.224 e. The lowest BCUT2D eigenvalue weighted by molar-refractivity contribution is -0.116. The first-order valence-corrected chi connectivity index (χ1v) is 7.26. The molecule has 1 amide bonds. The van der Waals surface area contributed by atoms with Gasteiger partial charge in [0.25, 0.3) is 0 Å². The molecule has 4 N–H and O–H groups in total. The van der Waals surface area contributed by atoms with E-state index in [4.69, 9.17) is 5.73 Å². The van der Waals surface area contributed by atoms with E-state index in [1.807, 2.05) is 18.2 Å². The van der Waals surface area contributed by atoms with Gasteiger partial charge >= 0.3 is 0 Å². The Labute approximate surface area is 118 Å². The van der Waals surface area contributed by atoms with Crippen LogP contribution in [0.2, 0.25) is 0 Å². The number of hydrogen-bond donors (Lipinski definition) is 3. The zero-order chi connectivity index (χ0) is 13.9. The summed E-state index contributed by atoms with van der Waals surface area (Å²) in [5.74, 6) is 1.68. The Kier molecular flexibility index (Phi) is 3.69. The molecule has 1 aliphatic rings. The Bertz CT molecular complexity index is 615. The number of amides is 1. The number of nitrogens with two attached hydrogens (primary N) is 1. The Morgan fingerprint density at radius 2 is 2.30 bits per heavy atom. The van der Waals surface area contributed by atoms with E-state index < -0.39 is 0 Å². The summed E-state index contributed by atoms with van der Waals surface area (Å²) in [5, 5.41) is 2.89. The van der Waals surface area contributed by atoms with Crippen LogP contribution in [0.1, 0.15) is 43.8 Å². The third-order valence-corrected chi connectivity index (χ3v) is 3.88. The van der Waals surface area contributed by atoms with Gasteiger partial charge in [0.1, 0.15) is 5.82 Å². The number of anilines is 1. The Balaban J connectivity index is 1.74. The molecule has 20 heavy (non-hydrogen) atoms. The van der Waals surface area contributed by atoms with Crippen molar-refractivity contribution in [1.82, 2.24) is 9.97 Å². The Morgan fingerprint density at radius 1 is 1.45 bits per heavy atom. The van der Waals surface area contributed by atoms with Crippen molar-refractivity contribution < 1.29 is 4.79 Å². The van der Waals surface area contributed by atoms with Gasteiger partial charge in [-0.25, -0.2) is 4.98 Å². The average molecular weight is 272 g/mol. The Hall–Kier alpha value is -1.88. The summed E-state index contributed by atoms with van der Waals surface area (Å²) in [6.45, 7) is 0.539. The van der Waals surface area contributed by atoms with E-state index >= 15 is 0 Å². The van der Waals surface area contributed by atoms with Gasteiger partial charge in [-0.2, -0.15) is 0 Å². The maximum atomic E-state index is 11.7. The molecule has 0 spiro atoms. The number of imidazole rings is 1. The van der Waals surface area contributed by atoms with Crippen LogP contribution in [0.15, 0.2) is 18.2 Å². The van der Waals surface area contributed by atoms with E-state index in [2.05, 4.69) is 15.3 Å². The highest BCUT2D eigenvalue weighted by molar-refractivity contribution is 5.93. The second kappa shape index (κ2) is 5.63. The Morgan fingerprint density at radius 3 is 3.00 bits per heavy atom. The van der Waals surface area contributed by atoms with Crippen molar-refractivity contribution in [2.45, 2.75) is 38.0 Å². The molecule has 1 aromatic heterocycles. The SMILES string of the molecule is NCCCC(=O)Nc1ccc2nc(C3CCC3)[nH]c2c1. The molecule has 1 fully saturated rings. The summed E-state index contributed by atoms with van der Waals surface area (Å²) in [6.07, 6.45) is 4.92. The van der Waals surface area contributed by atoms with Gasteiger partial charge < -0.3 is 16.0 Å². The van der Waals surface area contributed by atoms with E-state index in [0.717, 1.165) is 22.5 Å². The number of carbonyl (C=O) groups excluding carboxylic acids is 1. The number of carbonyl (C=O) groups is 1. The van der Waals surface area contributed by atoms with Crippen molar-refractivity contribution in [3.8, 4) is 0 Å². The molecule has 1 saturated carbocycles. The van der Waals surface area contributed by atoms with Gasteiger partial charge in [0.05, 0.1) is 11.0 Å². The number of H-pyrrole nitrogens is 1. The normalized spacial score (nSPS) is 15.2. The molecule has 1 heterocycles. The van der Waals surface area contributed by atoms with Crippen LogP contribution >= 0.6 is 0 Å². The van der Waals surface area contributed by atoms with Crippen LogP contribution < -0.4 is 11.1 Å². The van der Waals surface area contributed by atoms with Crippen molar-refractivity contribution in [3.63, 3.8) is 0 Å². The maximum Gasteiger partial charge on any atom is 0.224 e. The second-order valence-electron chi connectivity index (χ2n) is 5.42. The van der Waals surface area contributed by atoms with Crippen LogP contribution in [0.5, 0.6) is 0 Å². The highest BCUT2D eigenvalue weighted by Gasteiger charge is 2.22. The zero-order valence-electron chi connectivity index (χ0n) is 11.5. The summed E-state index contributed by atoms with van der Waals surface area (Å²) >= 11 is 0. The number of aromatic nitrogens is 2. The van der Waals surface area contributed by atoms with E-state index in [9.17, 15) is 4.79 Å². The van der Waals surface area contributed by atoms with Gasteiger partial charge in [-0.05, 0) is 44.0 Å². The fourth-order valence-corrected chi connectivity index (χ4v) is 2.47. The van der Waals surface area contributed by atoms with E-state index in [1.54, 1.807) is 0 Å². The fraction of sp³-hybridized carbons (Fsp3) is 0.467. The molecule has 3 rings (SSSR count). The van der Waals surface area contributed by atoms with Gasteiger partial charge in [0.2, 0.25) is 5.91 Å². The van der Waals surface area contributed by atoms with Crippen LogP contribution in [0.4, 0.5) is 5.69 Å². The summed E-state index contributed by atoms with van der Waals surface area (Å²) in [7, 11) is 0. The van der Waals surface area contributed by atoms with Crippen LogP contribution in [-0.4, -0.2) is 22.4 Å². The number of nitrogens with zero attached hydrogens (tertiary/aromatic N) is 1. The zero-order valence-corrected chi connectivity index (χ0v) is 11.5. The van der Waals surface area contributed by atoms with E-state index in [-0.39, 0.29) is 5.91 Å². The summed E-state index contributed by atoms with van der Waals surface area (Å²) < 4.78 is 0. The molecule has 0 aliphatic heterocycles. The molecule has 5 heteroatoms. The predicted octanol–water partition coefficient (Wildman–Crippen LogP) is 2.51. The lowest BCUT2D eigenvalue weighted by Crippen LogP contribution is -2.13. The van der Waals surface area contributed by atoms with Crippen molar-refractivity contribution in [1.29, 1.82) is 0 Å². The first-order chi connectivity index (χ1) is 9.76. The van der Waals surface area contributed by atoms with Crippen molar-refractivity contribution in [2.24, 2.45) is 5.73 Å². The third-order valence-electron chi connectivity index (χ3n) is 3.88. The summed E-state index contributed by atoms with van der Waals surface area (Å²) in [4.78, 5) is 19.7. The quantitative estimate of drug-likeness (QED) is 0.782. The fourth-order valence-electron chi connectivity index (χ4n) is 2.47. The van der Waals surface area contributed by atoms with Gasteiger partial charge in [-0.15, -0.1) is 0 Å². The molecular weight excluding hydrogens is 252 g/mol. The number of fused-ring (bicyclic) bond motifs is 1. The highest BCUT2D eigenvalue weighted by Crippen LogP contribution is 2.35. The van der Waals surface area contributed by atoms with E-state index in [1.165, 1.54) is 19.3 Å². The molecule has 106 valence electrons. The molecule has 0 saturated heterocycles. The second-order valence-corrected chi connectivity index (χ2v) is 5.42. The van der Waals surface area contributed by atoms with Gasteiger partial charge in [-0.1, -0.05) is 6.42 Å². The minimum absolute atomic E-state index is 0.00790. The number of nitrogens with one attached hydrogen (secondary N) is 2. The molecule has 1 aromatic carbocycles. The topological polar surface area (TPSA) is 83.8 Å². The largest absolute Gasteiger partial charge is 0.342 e.